The van der Waals surface area contributed by atoms with E-state index in [1.807, 2.05) is 19.2 Å². The van der Waals surface area contributed by atoms with Crippen LogP contribution in [0.4, 0.5) is 26.1 Å². The minimum Gasteiger partial charge on any atom is -0.381 e. The van der Waals surface area contributed by atoms with Crippen LogP contribution in [-0.4, -0.2) is 9.55 Å². The van der Waals surface area contributed by atoms with Crippen LogP contribution in [-0.2, 0) is 13.6 Å². The summed E-state index contributed by atoms with van der Waals surface area (Å²) in [6.07, 6.45) is 3.44. The van der Waals surface area contributed by atoms with E-state index in [1.54, 1.807) is 29.1 Å². The van der Waals surface area contributed by atoms with Crippen molar-refractivity contribution >= 4 is 17.3 Å². The number of imidazole rings is 1. The van der Waals surface area contributed by atoms with E-state index >= 15 is 0 Å². The van der Waals surface area contributed by atoms with Gasteiger partial charge in [-0.25, -0.2) is 13.8 Å². The molecule has 1 N–H and O–H groups in total. The first-order chi connectivity index (χ1) is 11.6. The van der Waals surface area contributed by atoms with Gasteiger partial charge in [0.2, 0.25) is 5.95 Å². The van der Waals surface area contributed by atoms with Gasteiger partial charge in [-0.05, 0) is 30.3 Å². The van der Waals surface area contributed by atoms with Gasteiger partial charge < -0.3 is 9.88 Å². The van der Waals surface area contributed by atoms with Crippen LogP contribution in [0.2, 0.25) is 0 Å². The molecule has 5 nitrogen and oxygen atoms in total. The van der Waals surface area contributed by atoms with Crippen LogP contribution >= 0.6 is 0 Å². The molecule has 1 aromatic heterocycles. The van der Waals surface area contributed by atoms with Gasteiger partial charge in [0.25, 0.3) is 0 Å². The fraction of sp³-hybridized carbons (Fsp3) is 0.118. The zero-order valence-electron chi connectivity index (χ0n) is 12.9. The van der Waals surface area contributed by atoms with E-state index in [0.29, 0.717) is 17.2 Å². The molecule has 24 heavy (non-hydrogen) atoms. The van der Waals surface area contributed by atoms with Crippen molar-refractivity contribution in [2.24, 2.45) is 17.3 Å². The largest absolute Gasteiger partial charge is 0.381 e. The van der Waals surface area contributed by atoms with Gasteiger partial charge in [-0.3, -0.25) is 0 Å². The molecule has 3 rings (SSSR count). The summed E-state index contributed by atoms with van der Waals surface area (Å²) < 4.78 is 28.2. The Morgan fingerprint density at radius 3 is 2.54 bits per heavy atom. The number of halogens is 2. The van der Waals surface area contributed by atoms with Crippen molar-refractivity contribution in [2.45, 2.75) is 6.54 Å². The molecule has 0 radical (unpaired) electrons. The first-order valence-corrected chi connectivity index (χ1v) is 7.29. The Morgan fingerprint density at radius 1 is 1.08 bits per heavy atom. The molecule has 2 aromatic carbocycles. The topological polar surface area (TPSA) is 54.6 Å². The second-order valence-electron chi connectivity index (χ2n) is 5.17. The lowest BCUT2D eigenvalue weighted by Crippen LogP contribution is -2.01. The maximum atomic E-state index is 13.6. The zero-order valence-corrected chi connectivity index (χ0v) is 12.9. The lowest BCUT2D eigenvalue weighted by atomic mass is 10.2. The summed E-state index contributed by atoms with van der Waals surface area (Å²) in [5.74, 6) is -0.634. The molecule has 122 valence electrons. The molecule has 3 aromatic rings. The third-order valence-electron chi connectivity index (χ3n) is 3.42. The predicted octanol–water partition coefficient (Wildman–Crippen LogP) is 4.73. The lowest BCUT2D eigenvalue weighted by molar-refractivity contribution is 0.574. The smallest absolute Gasteiger partial charge is 0.249 e. The van der Waals surface area contributed by atoms with Gasteiger partial charge in [-0.1, -0.05) is 6.07 Å². The van der Waals surface area contributed by atoms with E-state index in [1.165, 1.54) is 12.1 Å². The third kappa shape index (κ3) is 3.81. The molecular formula is C17H15F2N5. The highest BCUT2D eigenvalue weighted by molar-refractivity contribution is 5.51. The van der Waals surface area contributed by atoms with Crippen LogP contribution in [0.25, 0.3) is 0 Å². The van der Waals surface area contributed by atoms with Gasteiger partial charge in [0.05, 0.1) is 5.69 Å². The van der Waals surface area contributed by atoms with Crippen molar-refractivity contribution < 1.29 is 8.78 Å². The van der Waals surface area contributed by atoms with E-state index in [4.69, 9.17) is 0 Å². The van der Waals surface area contributed by atoms with Crippen LogP contribution in [0.1, 0.15) is 5.56 Å². The number of hydrogen-bond donors (Lipinski definition) is 1. The van der Waals surface area contributed by atoms with Crippen LogP contribution in [0.15, 0.2) is 65.1 Å². The molecule has 0 spiro atoms. The molecule has 0 saturated heterocycles. The molecular weight excluding hydrogens is 312 g/mol. The van der Waals surface area contributed by atoms with Crippen molar-refractivity contribution in [2.75, 3.05) is 5.32 Å². The number of rotatable bonds is 5. The molecule has 0 unspecified atom stereocenters. The fourth-order valence-electron chi connectivity index (χ4n) is 2.06. The zero-order chi connectivity index (χ0) is 16.9. The van der Waals surface area contributed by atoms with Crippen molar-refractivity contribution in [1.29, 1.82) is 0 Å². The minimum atomic E-state index is -0.585. The van der Waals surface area contributed by atoms with Gasteiger partial charge in [-0.15, -0.1) is 10.2 Å². The van der Waals surface area contributed by atoms with Gasteiger partial charge >= 0.3 is 0 Å². The van der Waals surface area contributed by atoms with E-state index in [-0.39, 0.29) is 6.54 Å². The molecule has 0 saturated carbocycles. The number of hydrogen-bond acceptors (Lipinski definition) is 4. The maximum Gasteiger partial charge on any atom is 0.249 e. The van der Waals surface area contributed by atoms with E-state index < -0.39 is 11.6 Å². The number of anilines is 1. The van der Waals surface area contributed by atoms with Crippen LogP contribution in [0.3, 0.4) is 0 Å². The Morgan fingerprint density at radius 2 is 1.88 bits per heavy atom. The Balaban J connectivity index is 1.62. The highest BCUT2D eigenvalue weighted by Gasteiger charge is 2.03. The molecule has 0 amide bonds. The minimum absolute atomic E-state index is 0.264. The molecule has 0 fully saturated rings. The predicted molar refractivity (Wildman–Crippen MR) is 87.5 cm³/mol. The van der Waals surface area contributed by atoms with Crippen molar-refractivity contribution in [3.63, 3.8) is 0 Å². The Bertz CT molecular complexity index is 856. The van der Waals surface area contributed by atoms with Gasteiger partial charge in [0, 0.05) is 43.3 Å². The van der Waals surface area contributed by atoms with Crippen LogP contribution < -0.4 is 5.32 Å². The van der Waals surface area contributed by atoms with E-state index in [9.17, 15) is 8.78 Å². The van der Waals surface area contributed by atoms with Crippen LogP contribution in [0, 0.1) is 11.6 Å². The second kappa shape index (κ2) is 6.99. The molecule has 0 aliphatic carbocycles. The summed E-state index contributed by atoms with van der Waals surface area (Å²) in [5.41, 5.74) is 1.88. The van der Waals surface area contributed by atoms with E-state index in [2.05, 4.69) is 20.5 Å². The average Bonchev–Trinajstić information content (AvgIpc) is 2.98. The summed E-state index contributed by atoms with van der Waals surface area (Å²) in [6, 6.07) is 10.7. The summed E-state index contributed by atoms with van der Waals surface area (Å²) in [6.45, 7) is 0.264. The molecule has 0 aliphatic heterocycles. The molecule has 0 atom stereocenters. The van der Waals surface area contributed by atoms with Crippen molar-refractivity contribution in [1.82, 2.24) is 9.55 Å². The molecule has 1 heterocycles. The number of azo groups is 1. The quantitative estimate of drug-likeness (QED) is 0.689. The number of aromatic nitrogens is 2. The number of nitrogens with one attached hydrogen (secondary N) is 1. The maximum absolute atomic E-state index is 13.6. The van der Waals surface area contributed by atoms with Crippen LogP contribution in [0.5, 0.6) is 0 Å². The fourth-order valence-corrected chi connectivity index (χ4v) is 2.06. The third-order valence-corrected chi connectivity index (χ3v) is 3.42. The summed E-state index contributed by atoms with van der Waals surface area (Å²) in [7, 11) is 1.84. The van der Waals surface area contributed by atoms with Crippen molar-refractivity contribution in [3.8, 4) is 0 Å². The number of aryl methyl sites for hydroxylation is 1. The van der Waals surface area contributed by atoms with Gasteiger partial charge in [0.1, 0.15) is 11.6 Å². The number of nitrogens with zero attached hydrogens (tertiary/aromatic N) is 4. The first-order valence-electron chi connectivity index (χ1n) is 7.29. The van der Waals surface area contributed by atoms with E-state index in [0.717, 1.165) is 11.8 Å². The highest BCUT2D eigenvalue weighted by Crippen LogP contribution is 2.20. The standard InChI is InChI=1S/C17H15F2N5/c1-24-9-8-20-17(24)23-22-15-6-4-14(5-7-15)21-11-12-2-3-13(18)10-16(12)19/h2-10,21H,11H2,1H3/b23-22+. The molecule has 0 bridgehead atoms. The summed E-state index contributed by atoms with van der Waals surface area (Å²) in [5, 5.41) is 11.2. The Kier molecular flexibility index (Phi) is 4.60. The van der Waals surface area contributed by atoms with Gasteiger partial charge in [-0.2, -0.15) is 0 Å². The van der Waals surface area contributed by atoms with Crippen molar-refractivity contribution in [3.05, 3.63) is 72.1 Å². The second-order valence-corrected chi connectivity index (χ2v) is 5.17. The highest BCUT2D eigenvalue weighted by atomic mass is 19.1. The summed E-state index contributed by atoms with van der Waals surface area (Å²) in [4.78, 5) is 4.05. The average molecular weight is 327 g/mol. The molecule has 0 aliphatic rings. The van der Waals surface area contributed by atoms with Gasteiger partial charge in [0.15, 0.2) is 0 Å². The normalized spacial score (nSPS) is 11.1. The number of benzene rings is 2. The first kappa shape index (κ1) is 15.8. The summed E-state index contributed by atoms with van der Waals surface area (Å²) >= 11 is 0. The molecule has 7 heteroatoms. The lowest BCUT2D eigenvalue weighted by Gasteiger charge is -2.07. The Hall–Kier alpha value is -3.09. The monoisotopic (exact) mass is 327 g/mol. The Labute approximate surface area is 137 Å². The SMILES string of the molecule is Cn1ccnc1/N=N/c1ccc(NCc2ccc(F)cc2F)cc1.